The minimum Gasteiger partial charge on any atom is -0.492 e. The molecule has 2 heterocycles. The predicted molar refractivity (Wildman–Crippen MR) is 130 cm³/mol. The zero-order chi connectivity index (χ0) is 24.6. The summed E-state index contributed by atoms with van der Waals surface area (Å²) < 4.78 is 5.80. The molecule has 0 aliphatic carbocycles. The summed E-state index contributed by atoms with van der Waals surface area (Å²) in [5, 5.41) is 28.5. The molecule has 0 bridgehead atoms. The molecule has 0 saturated carbocycles. The van der Waals surface area contributed by atoms with Crippen molar-refractivity contribution in [2.75, 3.05) is 36.9 Å². The van der Waals surface area contributed by atoms with Gasteiger partial charge in [-0.05, 0) is 50.2 Å². The third-order valence-corrected chi connectivity index (χ3v) is 5.59. The number of ether oxygens (including phenoxy) is 1. The Kier molecular flexibility index (Phi) is 7.63. The molecule has 1 fully saturated rings. The molecule has 1 aromatic heterocycles. The number of aromatic nitrogens is 2. The number of nitro groups is 2. The maximum absolute atomic E-state index is 11.4. The lowest BCUT2D eigenvalue weighted by Crippen LogP contribution is -2.25. The van der Waals surface area contributed by atoms with E-state index in [2.05, 4.69) is 25.5 Å². The van der Waals surface area contributed by atoms with Crippen LogP contribution in [0.1, 0.15) is 18.4 Å². The molecule has 12 nitrogen and oxygen atoms in total. The molecule has 1 aliphatic heterocycles. The van der Waals surface area contributed by atoms with Gasteiger partial charge < -0.3 is 15.4 Å². The number of anilines is 3. The first-order valence-electron chi connectivity index (χ1n) is 11.2. The Balaban J connectivity index is 1.40. The lowest BCUT2D eigenvalue weighted by molar-refractivity contribution is -0.385. The van der Waals surface area contributed by atoms with Crippen LogP contribution in [0.15, 0.2) is 54.7 Å². The van der Waals surface area contributed by atoms with Crippen LogP contribution < -0.4 is 15.4 Å². The molecule has 182 valence electrons. The summed E-state index contributed by atoms with van der Waals surface area (Å²) in [7, 11) is 0. The van der Waals surface area contributed by atoms with Crippen LogP contribution in [0.3, 0.4) is 0 Å². The lowest BCUT2D eigenvalue weighted by atomic mass is 10.2. The molecule has 4 rings (SSSR count). The van der Waals surface area contributed by atoms with Crippen molar-refractivity contribution in [3.63, 3.8) is 0 Å². The fraction of sp³-hybridized carbons (Fsp3) is 0.304. The molecule has 0 radical (unpaired) electrons. The van der Waals surface area contributed by atoms with Gasteiger partial charge in [-0.25, -0.2) is 4.98 Å². The van der Waals surface area contributed by atoms with Crippen LogP contribution in [0.5, 0.6) is 5.75 Å². The van der Waals surface area contributed by atoms with Gasteiger partial charge >= 0.3 is 5.69 Å². The van der Waals surface area contributed by atoms with Gasteiger partial charge in [0.05, 0.1) is 9.85 Å². The zero-order valence-electron chi connectivity index (χ0n) is 18.9. The van der Waals surface area contributed by atoms with Gasteiger partial charge in [0.15, 0.2) is 0 Å². The highest BCUT2D eigenvalue weighted by Gasteiger charge is 2.19. The molecule has 1 saturated heterocycles. The first kappa shape index (κ1) is 23.8. The van der Waals surface area contributed by atoms with Crippen LogP contribution in [0.4, 0.5) is 28.8 Å². The van der Waals surface area contributed by atoms with Crippen LogP contribution in [0.2, 0.25) is 0 Å². The Morgan fingerprint density at radius 1 is 0.971 bits per heavy atom. The third kappa shape index (κ3) is 6.38. The van der Waals surface area contributed by atoms with E-state index in [1.54, 1.807) is 30.3 Å². The van der Waals surface area contributed by atoms with Gasteiger partial charge in [0.2, 0.25) is 11.8 Å². The van der Waals surface area contributed by atoms with E-state index in [-0.39, 0.29) is 29.7 Å². The number of benzene rings is 2. The van der Waals surface area contributed by atoms with Crippen LogP contribution >= 0.6 is 0 Å². The molecule has 2 aromatic carbocycles. The number of nitrogens with one attached hydrogen (secondary N) is 2. The zero-order valence-corrected chi connectivity index (χ0v) is 18.9. The lowest BCUT2D eigenvalue weighted by Gasteiger charge is -2.15. The fourth-order valence-electron chi connectivity index (χ4n) is 3.78. The Morgan fingerprint density at radius 3 is 2.40 bits per heavy atom. The molecular weight excluding hydrogens is 454 g/mol. The van der Waals surface area contributed by atoms with E-state index in [4.69, 9.17) is 4.74 Å². The standard InChI is InChI=1S/C23H25N7O5/c31-29(32)20-6-2-1-5-17(20)15-24-22-21(30(33)34)16-25-23(27-22)26-18-7-9-19(10-8-18)35-14-13-28-11-3-4-12-28/h1-2,5-10,16H,3-4,11-15H2,(H2,24,25,26,27). The Hall–Kier alpha value is -4.32. The maximum atomic E-state index is 11.4. The normalized spacial score (nSPS) is 13.4. The minimum atomic E-state index is -0.611. The third-order valence-electron chi connectivity index (χ3n) is 5.59. The Morgan fingerprint density at radius 2 is 1.69 bits per heavy atom. The largest absolute Gasteiger partial charge is 0.492 e. The Labute approximate surface area is 201 Å². The minimum absolute atomic E-state index is 0.0160. The monoisotopic (exact) mass is 479 g/mol. The smallest absolute Gasteiger partial charge is 0.329 e. The predicted octanol–water partition coefficient (Wildman–Crippen LogP) is 4.12. The van der Waals surface area contributed by atoms with Crippen LogP contribution in [-0.2, 0) is 6.54 Å². The second kappa shape index (κ2) is 11.2. The van der Waals surface area contributed by atoms with Gasteiger partial charge in [-0.15, -0.1) is 0 Å². The van der Waals surface area contributed by atoms with Crippen LogP contribution in [0, 0.1) is 20.2 Å². The molecule has 1 aliphatic rings. The molecule has 2 N–H and O–H groups in total. The molecule has 3 aromatic rings. The van der Waals surface area contributed by atoms with E-state index in [0.29, 0.717) is 17.9 Å². The molecule has 0 atom stereocenters. The highest BCUT2D eigenvalue weighted by atomic mass is 16.6. The molecule has 0 amide bonds. The fourth-order valence-corrected chi connectivity index (χ4v) is 3.78. The summed E-state index contributed by atoms with van der Waals surface area (Å²) in [4.78, 5) is 32.2. The van der Waals surface area contributed by atoms with Gasteiger partial charge in [0.1, 0.15) is 18.6 Å². The number of nitro benzene ring substituents is 1. The average Bonchev–Trinajstić information content (AvgIpc) is 3.37. The SMILES string of the molecule is O=[N+]([O-])c1ccccc1CNc1nc(Nc2ccc(OCCN3CCCC3)cc2)ncc1[N+](=O)[O-]. The summed E-state index contributed by atoms with van der Waals surface area (Å²) in [6, 6.07) is 13.4. The second-order valence-corrected chi connectivity index (χ2v) is 7.97. The van der Waals surface area contributed by atoms with Crippen molar-refractivity contribution < 1.29 is 14.6 Å². The van der Waals surface area contributed by atoms with Crippen LogP contribution in [0.25, 0.3) is 0 Å². The van der Waals surface area contributed by atoms with E-state index in [1.807, 2.05) is 12.1 Å². The number of rotatable bonds is 11. The maximum Gasteiger partial charge on any atom is 0.329 e. The highest BCUT2D eigenvalue weighted by molar-refractivity contribution is 5.61. The van der Waals surface area contributed by atoms with E-state index in [9.17, 15) is 20.2 Å². The van der Waals surface area contributed by atoms with E-state index >= 15 is 0 Å². The van der Waals surface area contributed by atoms with Crippen molar-refractivity contribution in [1.82, 2.24) is 14.9 Å². The van der Waals surface area contributed by atoms with E-state index < -0.39 is 9.85 Å². The van der Waals surface area contributed by atoms with E-state index in [0.717, 1.165) is 31.6 Å². The van der Waals surface area contributed by atoms with Crippen LogP contribution in [-0.4, -0.2) is 51.0 Å². The molecule has 35 heavy (non-hydrogen) atoms. The van der Waals surface area contributed by atoms with Gasteiger partial charge in [-0.1, -0.05) is 18.2 Å². The molecule has 0 spiro atoms. The van der Waals surface area contributed by atoms with Crippen molar-refractivity contribution in [3.05, 3.63) is 80.5 Å². The van der Waals surface area contributed by atoms with Crippen molar-refractivity contribution in [2.24, 2.45) is 0 Å². The molecule has 0 unspecified atom stereocenters. The van der Waals surface area contributed by atoms with Crippen molar-refractivity contribution in [1.29, 1.82) is 0 Å². The first-order chi connectivity index (χ1) is 17.0. The molecular formula is C23H25N7O5. The van der Waals surface area contributed by atoms with Gasteiger partial charge in [0, 0.05) is 30.4 Å². The summed E-state index contributed by atoms with van der Waals surface area (Å²) in [6.45, 7) is 3.75. The van der Waals surface area contributed by atoms with Gasteiger partial charge in [-0.3, -0.25) is 25.1 Å². The van der Waals surface area contributed by atoms with Crippen molar-refractivity contribution in [2.45, 2.75) is 19.4 Å². The van der Waals surface area contributed by atoms with Gasteiger partial charge in [-0.2, -0.15) is 4.98 Å². The topological polar surface area (TPSA) is 149 Å². The number of para-hydroxylation sites is 1. The quantitative estimate of drug-likeness (QED) is 0.304. The van der Waals surface area contributed by atoms with Crippen molar-refractivity contribution in [3.8, 4) is 5.75 Å². The highest BCUT2D eigenvalue weighted by Crippen LogP contribution is 2.26. The number of hydrogen-bond acceptors (Lipinski definition) is 10. The Bertz CT molecular complexity index is 1180. The summed E-state index contributed by atoms with van der Waals surface area (Å²) in [5.74, 6) is 0.835. The number of likely N-dealkylation sites (tertiary alicyclic amines) is 1. The van der Waals surface area contributed by atoms with Crippen molar-refractivity contribution >= 4 is 28.8 Å². The summed E-state index contributed by atoms with van der Waals surface area (Å²) in [6.07, 6.45) is 3.58. The van der Waals surface area contributed by atoms with Gasteiger partial charge in [0.25, 0.3) is 5.69 Å². The average molecular weight is 479 g/mol. The van der Waals surface area contributed by atoms with E-state index in [1.165, 1.54) is 18.9 Å². The number of hydrogen-bond donors (Lipinski definition) is 2. The molecule has 12 heteroatoms. The second-order valence-electron chi connectivity index (χ2n) is 7.97. The summed E-state index contributed by atoms with van der Waals surface area (Å²) in [5.41, 5.74) is 0.629. The first-order valence-corrected chi connectivity index (χ1v) is 11.2. The number of nitrogens with zero attached hydrogens (tertiary/aromatic N) is 5. The summed E-state index contributed by atoms with van der Waals surface area (Å²) >= 11 is 0.